The number of fused-ring (bicyclic) bond motifs is 1. The van der Waals surface area contributed by atoms with Crippen LogP contribution in [-0.4, -0.2) is 59.5 Å². The summed E-state index contributed by atoms with van der Waals surface area (Å²) in [6, 6.07) is 5.01. The monoisotopic (exact) mass is 486 g/mol. The van der Waals surface area contributed by atoms with Crippen LogP contribution in [0.1, 0.15) is 64.2 Å². The van der Waals surface area contributed by atoms with Crippen LogP contribution < -0.4 is 10.2 Å². The Kier molecular flexibility index (Phi) is 8.79. The number of ether oxygens (including phenoxy) is 1. The van der Waals surface area contributed by atoms with Gasteiger partial charge in [0.1, 0.15) is 5.71 Å². The highest BCUT2D eigenvalue weighted by molar-refractivity contribution is 7.22. The molecule has 1 fully saturated rings. The van der Waals surface area contributed by atoms with E-state index in [2.05, 4.69) is 34.0 Å². The Morgan fingerprint density at radius 3 is 2.74 bits per heavy atom. The molecule has 0 bridgehead atoms. The number of aromatic nitrogens is 1. The van der Waals surface area contributed by atoms with Crippen molar-refractivity contribution in [3.05, 3.63) is 35.0 Å². The molecule has 0 aliphatic carbocycles. The van der Waals surface area contributed by atoms with Gasteiger partial charge in [-0.25, -0.2) is 9.78 Å². The number of aliphatic imine (C=N–C) groups is 1. The van der Waals surface area contributed by atoms with E-state index < -0.39 is 5.97 Å². The summed E-state index contributed by atoms with van der Waals surface area (Å²) in [4.78, 5) is 35.7. The number of hydrogen-bond acceptors (Lipinski definition) is 7. The maximum Gasteiger partial charge on any atom is 0.337 e. The SMILES string of the molecule is CCCO[C@H]1CN(c2nc3cccc(C(=O)O)c3s2)CCC1NC(=O)C(C)=N/C(C)=C(\C)CC. The smallest absolute Gasteiger partial charge is 0.337 e. The van der Waals surface area contributed by atoms with Gasteiger partial charge in [0.25, 0.3) is 5.91 Å². The minimum Gasteiger partial charge on any atom is -0.478 e. The summed E-state index contributed by atoms with van der Waals surface area (Å²) in [6.45, 7) is 11.7. The third-order valence-corrected chi connectivity index (χ3v) is 7.29. The number of nitrogens with one attached hydrogen (secondary N) is 1. The molecule has 1 aliphatic heterocycles. The molecule has 2 atom stereocenters. The van der Waals surface area contributed by atoms with Crippen molar-refractivity contribution in [3.63, 3.8) is 0 Å². The second-order valence-electron chi connectivity index (χ2n) is 8.60. The van der Waals surface area contributed by atoms with Gasteiger partial charge in [0, 0.05) is 25.4 Å². The third-order valence-electron chi connectivity index (χ3n) is 6.13. The number of thiazole rings is 1. The second-order valence-corrected chi connectivity index (χ2v) is 9.57. The summed E-state index contributed by atoms with van der Waals surface area (Å²) in [5.74, 6) is -1.14. The molecule has 2 aromatic rings. The number of carboxylic acid groups (broad SMARTS) is 1. The minimum atomic E-state index is -0.956. The van der Waals surface area contributed by atoms with E-state index in [4.69, 9.17) is 4.74 Å². The minimum absolute atomic E-state index is 0.138. The van der Waals surface area contributed by atoms with Crippen molar-refractivity contribution in [3.8, 4) is 0 Å². The van der Waals surface area contributed by atoms with Crippen molar-refractivity contribution in [1.82, 2.24) is 10.3 Å². The molecule has 9 heteroatoms. The Morgan fingerprint density at radius 1 is 1.29 bits per heavy atom. The largest absolute Gasteiger partial charge is 0.478 e. The zero-order chi connectivity index (χ0) is 24.8. The Balaban J connectivity index is 1.76. The zero-order valence-corrected chi connectivity index (χ0v) is 21.4. The maximum atomic E-state index is 12.8. The molecule has 0 saturated carbocycles. The number of anilines is 1. The van der Waals surface area contributed by atoms with E-state index >= 15 is 0 Å². The molecule has 1 aromatic heterocycles. The van der Waals surface area contributed by atoms with E-state index in [1.807, 2.05) is 19.9 Å². The van der Waals surface area contributed by atoms with Crippen LogP contribution in [0.2, 0.25) is 0 Å². The first-order chi connectivity index (χ1) is 16.2. The first-order valence-corrected chi connectivity index (χ1v) is 12.6. The van der Waals surface area contributed by atoms with Gasteiger partial charge in [-0.15, -0.1) is 0 Å². The van der Waals surface area contributed by atoms with Crippen LogP contribution in [0.4, 0.5) is 5.13 Å². The Morgan fingerprint density at radius 2 is 2.06 bits per heavy atom. The standard InChI is InChI=1S/C25H34N4O4S/c1-6-13-33-21-14-29(25-28-20-10-8-9-18(24(31)32)22(20)34-25)12-11-19(21)27-23(30)17(5)26-16(4)15(3)7-2/h8-10,19,21H,6-7,11-14H2,1-5H3,(H,27,30)(H,31,32)/b16-15+,26-17?/t19?,21-/m0/s1. The van der Waals surface area contributed by atoms with Gasteiger partial charge < -0.3 is 20.1 Å². The van der Waals surface area contributed by atoms with Crippen molar-refractivity contribution < 1.29 is 19.4 Å². The Hall–Kier alpha value is -2.78. The van der Waals surface area contributed by atoms with Crippen LogP contribution in [0.3, 0.4) is 0 Å². The van der Waals surface area contributed by atoms with Gasteiger partial charge in [-0.2, -0.15) is 0 Å². The lowest BCUT2D eigenvalue weighted by atomic mass is 10.0. The zero-order valence-electron chi connectivity index (χ0n) is 20.6. The van der Waals surface area contributed by atoms with Gasteiger partial charge in [-0.3, -0.25) is 9.79 Å². The molecule has 34 heavy (non-hydrogen) atoms. The normalized spacial score (nSPS) is 19.8. The first kappa shape index (κ1) is 25.8. The molecule has 1 aromatic carbocycles. The lowest BCUT2D eigenvalue weighted by Crippen LogP contribution is -2.56. The average molecular weight is 487 g/mol. The van der Waals surface area contributed by atoms with Crippen LogP contribution in [0, 0.1) is 0 Å². The molecule has 0 spiro atoms. The van der Waals surface area contributed by atoms with Crippen molar-refractivity contribution in [2.75, 3.05) is 24.6 Å². The quantitative estimate of drug-likeness (QED) is 0.500. The molecule has 184 valence electrons. The van der Waals surface area contributed by atoms with E-state index in [0.717, 1.165) is 29.2 Å². The lowest BCUT2D eigenvalue weighted by molar-refractivity contribution is -0.117. The van der Waals surface area contributed by atoms with Crippen LogP contribution in [0.25, 0.3) is 10.2 Å². The van der Waals surface area contributed by atoms with Gasteiger partial charge in [0.05, 0.1) is 27.9 Å². The van der Waals surface area contributed by atoms with Gasteiger partial charge in [-0.05, 0) is 52.2 Å². The van der Waals surface area contributed by atoms with E-state index in [-0.39, 0.29) is 23.6 Å². The summed E-state index contributed by atoms with van der Waals surface area (Å²) >= 11 is 1.38. The third kappa shape index (κ3) is 6.01. The number of rotatable bonds is 9. The molecule has 1 aliphatic rings. The van der Waals surface area contributed by atoms with E-state index in [1.54, 1.807) is 19.1 Å². The summed E-state index contributed by atoms with van der Waals surface area (Å²) in [6.07, 6.45) is 2.26. The van der Waals surface area contributed by atoms with Crippen LogP contribution in [0.15, 0.2) is 34.5 Å². The predicted molar refractivity (Wildman–Crippen MR) is 137 cm³/mol. The highest BCUT2D eigenvalue weighted by atomic mass is 32.1. The summed E-state index contributed by atoms with van der Waals surface area (Å²) in [5, 5.41) is 13.4. The number of nitrogens with zero attached hydrogens (tertiary/aromatic N) is 3. The summed E-state index contributed by atoms with van der Waals surface area (Å²) in [5.41, 5.74) is 3.42. The van der Waals surface area contributed by atoms with Crippen molar-refractivity contribution in [2.45, 2.75) is 66.0 Å². The number of carboxylic acids is 1. The van der Waals surface area contributed by atoms with E-state index in [1.165, 1.54) is 11.3 Å². The molecule has 0 radical (unpaired) electrons. The van der Waals surface area contributed by atoms with Crippen molar-refractivity contribution >= 4 is 44.3 Å². The molecule has 3 rings (SSSR count). The molecule has 1 unspecified atom stereocenters. The number of aromatic carboxylic acids is 1. The molecule has 8 nitrogen and oxygen atoms in total. The average Bonchev–Trinajstić information content (AvgIpc) is 3.26. The van der Waals surface area contributed by atoms with Crippen molar-refractivity contribution in [2.24, 2.45) is 4.99 Å². The van der Waals surface area contributed by atoms with Crippen LogP contribution in [0.5, 0.6) is 0 Å². The Labute approximate surface area is 204 Å². The maximum absolute atomic E-state index is 12.8. The highest BCUT2D eigenvalue weighted by Gasteiger charge is 2.33. The van der Waals surface area contributed by atoms with Gasteiger partial charge in [0.2, 0.25) is 0 Å². The number of allylic oxidation sites excluding steroid dienone is 2. The number of benzene rings is 1. The number of carbonyl (C=O) groups excluding carboxylic acids is 1. The fourth-order valence-corrected chi connectivity index (χ4v) is 4.97. The number of amides is 1. The first-order valence-electron chi connectivity index (χ1n) is 11.8. The molecular formula is C25H34N4O4S. The van der Waals surface area contributed by atoms with Crippen molar-refractivity contribution in [1.29, 1.82) is 0 Å². The van der Waals surface area contributed by atoms with Gasteiger partial charge >= 0.3 is 5.97 Å². The summed E-state index contributed by atoms with van der Waals surface area (Å²) in [7, 11) is 0. The van der Waals surface area contributed by atoms with Gasteiger partial charge in [0.15, 0.2) is 5.13 Å². The van der Waals surface area contributed by atoms with Gasteiger partial charge in [-0.1, -0.05) is 36.8 Å². The number of hydrogen-bond donors (Lipinski definition) is 2. The molecular weight excluding hydrogens is 452 g/mol. The fraction of sp³-hybridized carbons (Fsp3) is 0.520. The number of piperidine rings is 1. The predicted octanol–water partition coefficient (Wildman–Crippen LogP) is 4.65. The molecule has 2 heterocycles. The molecule has 1 saturated heterocycles. The second kappa shape index (κ2) is 11.6. The van der Waals surface area contributed by atoms with E-state index in [9.17, 15) is 14.7 Å². The highest BCUT2D eigenvalue weighted by Crippen LogP contribution is 2.33. The summed E-state index contributed by atoms with van der Waals surface area (Å²) < 4.78 is 6.80. The van der Waals surface area contributed by atoms with Crippen LogP contribution in [-0.2, 0) is 9.53 Å². The fourth-order valence-electron chi connectivity index (χ4n) is 3.86. The Bertz CT molecular complexity index is 1110. The number of carbonyl (C=O) groups is 2. The topological polar surface area (TPSA) is 104 Å². The lowest BCUT2D eigenvalue weighted by Gasteiger charge is -2.38. The molecule has 1 amide bonds. The molecule has 2 N–H and O–H groups in total. The van der Waals surface area contributed by atoms with Crippen LogP contribution >= 0.6 is 11.3 Å². The van der Waals surface area contributed by atoms with E-state index in [0.29, 0.717) is 42.0 Å².